The maximum atomic E-state index is 13.8. The number of hydrogen-bond donors (Lipinski definition) is 2. The molecule has 3 aromatic carbocycles. The number of hydrogen-bond acceptors (Lipinski definition) is 4. The van der Waals surface area contributed by atoms with Crippen LogP contribution >= 0.6 is 15.9 Å². The fourth-order valence-corrected chi connectivity index (χ4v) is 4.36. The van der Waals surface area contributed by atoms with Crippen LogP contribution in [0.4, 0.5) is 15.8 Å². The Kier molecular flexibility index (Phi) is 7.20. The van der Waals surface area contributed by atoms with Gasteiger partial charge in [0.15, 0.2) is 6.61 Å². The van der Waals surface area contributed by atoms with Gasteiger partial charge in [-0.2, -0.15) is 0 Å². The Morgan fingerprint density at radius 1 is 0.969 bits per heavy atom. The van der Waals surface area contributed by atoms with Crippen molar-refractivity contribution >= 4 is 43.2 Å². The van der Waals surface area contributed by atoms with Crippen molar-refractivity contribution in [2.24, 2.45) is 0 Å². The van der Waals surface area contributed by atoms with E-state index in [1.807, 2.05) is 19.9 Å². The lowest BCUT2D eigenvalue weighted by molar-refractivity contribution is -0.118. The second-order valence-corrected chi connectivity index (χ2v) is 9.89. The molecule has 0 atom stereocenters. The summed E-state index contributed by atoms with van der Waals surface area (Å²) in [4.78, 5) is 12.2. The molecule has 0 aromatic heterocycles. The predicted octanol–water partition coefficient (Wildman–Crippen LogP) is 5.33. The molecule has 0 saturated carbocycles. The van der Waals surface area contributed by atoms with Crippen molar-refractivity contribution in [3.05, 3.63) is 81.6 Å². The lowest BCUT2D eigenvalue weighted by atomic mass is 10.1. The zero-order valence-corrected chi connectivity index (χ0v) is 20.1. The molecule has 2 N–H and O–H groups in total. The lowest BCUT2D eigenvalue weighted by Crippen LogP contribution is -2.21. The number of nitrogens with one attached hydrogen (secondary N) is 2. The van der Waals surface area contributed by atoms with E-state index in [2.05, 4.69) is 26.0 Å². The summed E-state index contributed by atoms with van der Waals surface area (Å²) in [5, 5.41) is 2.43. The molecule has 168 valence electrons. The van der Waals surface area contributed by atoms with E-state index in [1.165, 1.54) is 30.3 Å². The van der Waals surface area contributed by atoms with E-state index in [1.54, 1.807) is 25.1 Å². The topological polar surface area (TPSA) is 84.5 Å². The van der Waals surface area contributed by atoms with Crippen molar-refractivity contribution < 1.29 is 22.3 Å². The summed E-state index contributed by atoms with van der Waals surface area (Å²) in [6.45, 7) is 5.18. The van der Waals surface area contributed by atoms with Crippen molar-refractivity contribution in [2.75, 3.05) is 16.6 Å². The predicted molar refractivity (Wildman–Crippen MR) is 126 cm³/mol. The van der Waals surface area contributed by atoms with E-state index < -0.39 is 21.7 Å². The molecule has 6 nitrogen and oxygen atoms in total. The van der Waals surface area contributed by atoms with Gasteiger partial charge in [-0.15, -0.1) is 0 Å². The van der Waals surface area contributed by atoms with Crippen LogP contribution in [0.5, 0.6) is 5.75 Å². The van der Waals surface area contributed by atoms with Crippen LogP contribution < -0.4 is 14.8 Å². The van der Waals surface area contributed by atoms with E-state index in [-0.39, 0.29) is 17.2 Å². The van der Waals surface area contributed by atoms with Gasteiger partial charge in [-0.3, -0.25) is 9.52 Å². The molecule has 0 radical (unpaired) electrons. The highest BCUT2D eigenvalue weighted by molar-refractivity contribution is 9.10. The SMILES string of the molecule is Cc1ccc(NS(=O)(=O)c2ccc(OCC(=O)Nc3ccc(Br)cc3F)c(C)c2)cc1C. The standard InChI is InChI=1S/C23H22BrFN2O4S/c1-14-4-6-18(10-15(14)2)27-32(29,30)19-7-9-22(16(3)11-19)31-13-23(28)26-21-8-5-17(24)12-20(21)25/h4-12,27H,13H2,1-3H3,(H,26,28). The molecular weight excluding hydrogens is 499 g/mol. The van der Waals surface area contributed by atoms with E-state index in [9.17, 15) is 17.6 Å². The van der Waals surface area contributed by atoms with Gasteiger partial charge in [0, 0.05) is 10.2 Å². The van der Waals surface area contributed by atoms with Gasteiger partial charge in [-0.05, 0) is 86.0 Å². The Bertz CT molecular complexity index is 1280. The highest BCUT2D eigenvalue weighted by Gasteiger charge is 2.17. The molecule has 1 amide bonds. The van der Waals surface area contributed by atoms with Crippen LogP contribution in [0, 0.1) is 26.6 Å². The van der Waals surface area contributed by atoms with Crippen LogP contribution in [-0.4, -0.2) is 20.9 Å². The number of rotatable bonds is 7. The van der Waals surface area contributed by atoms with E-state index in [0.717, 1.165) is 11.1 Å². The fraction of sp³-hybridized carbons (Fsp3) is 0.174. The van der Waals surface area contributed by atoms with Gasteiger partial charge in [-0.25, -0.2) is 12.8 Å². The van der Waals surface area contributed by atoms with Gasteiger partial charge >= 0.3 is 0 Å². The first-order valence-electron chi connectivity index (χ1n) is 9.63. The van der Waals surface area contributed by atoms with Crippen LogP contribution in [0.1, 0.15) is 16.7 Å². The van der Waals surface area contributed by atoms with Crippen molar-refractivity contribution in [3.8, 4) is 5.75 Å². The number of halogens is 2. The van der Waals surface area contributed by atoms with Gasteiger partial charge in [0.25, 0.3) is 15.9 Å². The Labute approximate surface area is 195 Å². The molecule has 0 bridgehead atoms. The van der Waals surface area contributed by atoms with Gasteiger partial charge in [0.2, 0.25) is 0 Å². The molecule has 0 fully saturated rings. The minimum absolute atomic E-state index is 0.0392. The summed E-state index contributed by atoms with van der Waals surface area (Å²) in [6.07, 6.45) is 0. The minimum Gasteiger partial charge on any atom is -0.483 e. The fourth-order valence-electron chi connectivity index (χ4n) is 2.89. The smallest absolute Gasteiger partial charge is 0.262 e. The van der Waals surface area contributed by atoms with Crippen molar-refractivity contribution in [1.29, 1.82) is 0 Å². The third-order valence-electron chi connectivity index (χ3n) is 4.78. The molecular formula is C23H22BrFN2O4S. The molecule has 0 spiro atoms. The monoisotopic (exact) mass is 520 g/mol. The number of carbonyl (C=O) groups excluding carboxylic acids is 1. The quantitative estimate of drug-likeness (QED) is 0.440. The third kappa shape index (κ3) is 5.86. The molecule has 3 aromatic rings. The van der Waals surface area contributed by atoms with Gasteiger partial charge in [0.05, 0.1) is 10.6 Å². The van der Waals surface area contributed by atoms with Crippen molar-refractivity contribution in [2.45, 2.75) is 25.7 Å². The number of anilines is 2. The highest BCUT2D eigenvalue weighted by Crippen LogP contribution is 2.25. The summed E-state index contributed by atoms with van der Waals surface area (Å²) in [6, 6.07) is 14.0. The second-order valence-electron chi connectivity index (χ2n) is 7.29. The number of amides is 1. The Morgan fingerprint density at radius 3 is 2.38 bits per heavy atom. The molecule has 0 aliphatic carbocycles. The number of benzene rings is 3. The van der Waals surface area contributed by atoms with Crippen LogP contribution in [0.2, 0.25) is 0 Å². The minimum atomic E-state index is -3.79. The molecule has 32 heavy (non-hydrogen) atoms. The van der Waals surface area contributed by atoms with Crippen molar-refractivity contribution in [1.82, 2.24) is 0 Å². The first-order chi connectivity index (χ1) is 15.0. The maximum absolute atomic E-state index is 13.8. The average molecular weight is 521 g/mol. The lowest BCUT2D eigenvalue weighted by Gasteiger charge is -2.13. The zero-order valence-electron chi connectivity index (χ0n) is 17.7. The largest absolute Gasteiger partial charge is 0.483 e. The van der Waals surface area contributed by atoms with Crippen LogP contribution in [-0.2, 0) is 14.8 Å². The number of ether oxygens (including phenoxy) is 1. The first kappa shape index (κ1) is 23.7. The van der Waals surface area contributed by atoms with Gasteiger partial charge in [-0.1, -0.05) is 22.0 Å². The zero-order chi connectivity index (χ0) is 23.5. The van der Waals surface area contributed by atoms with Gasteiger partial charge < -0.3 is 10.1 Å². The first-order valence-corrected chi connectivity index (χ1v) is 11.9. The summed E-state index contributed by atoms with van der Waals surface area (Å²) in [7, 11) is -3.79. The summed E-state index contributed by atoms with van der Waals surface area (Å²) in [5.41, 5.74) is 3.10. The van der Waals surface area contributed by atoms with Crippen LogP contribution in [0.3, 0.4) is 0 Å². The summed E-state index contributed by atoms with van der Waals surface area (Å²) < 4.78 is 47.9. The third-order valence-corrected chi connectivity index (χ3v) is 6.65. The molecule has 0 unspecified atom stereocenters. The van der Waals surface area contributed by atoms with E-state index in [0.29, 0.717) is 21.5 Å². The number of carbonyl (C=O) groups is 1. The summed E-state index contributed by atoms with van der Waals surface area (Å²) in [5.74, 6) is -0.768. The van der Waals surface area contributed by atoms with Crippen LogP contribution in [0.25, 0.3) is 0 Å². The van der Waals surface area contributed by atoms with Crippen LogP contribution in [0.15, 0.2) is 64.0 Å². The summed E-state index contributed by atoms with van der Waals surface area (Å²) >= 11 is 3.15. The Morgan fingerprint density at radius 2 is 1.72 bits per heavy atom. The number of sulfonamides is 1. The molecule has 9 heteroatoms. The van der Waals surface area contributed by atoms with E-state index in [4.69, 9.17) is 4.74 Å². The Balaban J connectivity index is 1.66. The average Bonchev–Trinajstić information content (AvgIpc) is 2.71. The van der Waals surface area contributed by atoms with E-state index >= 15 is 0 Å². The maximum Gasteiger partial charge on any atom is 0.262 e. The molecule has 0 heterocycles. The highest BCUT2D eigenvalue weighted by atomic mass is 79.9. The molecule has 0 aliphatic rings. The van der Waals surface area contributed by atoms with Crippen molar-refractivity contribution in [3.63, 3.8) is 0 Å². The normalized spacial score (nSPS) is 11.2. The molecule has 0 saturated heterocycles. The molecule has 0 aliphatic heterocycles. The van der Waals surface area contributed by atoms with Gasteiger partial charge in [0.1, 0.15) is 11.6 Å². The number of aryl methyl sites for hydroxylation is 3. The molecule has 3 rings (SSSR count). The Hall–Kier alpha value is -2.91. The second kappa shape index (κ2) is 9.70.